The predicted molar refractivity (Wildman–Crippen MR) is 81.0 cm³/mol. The summed E-state index contributed by atoms with van der Waals surface area (Å²) in [5.74, 6) is 0. The number of hydrogen-bond donors (Lipinski definition) is 1. The largest absolute Gasteiger partial charge is 0.384 e. The maximum atomic E-state index is 5.96. The number of nitrogens with zero attached hydrogens (tertiary/aromatic N) is 1. The molecule has 19 heavy (non-hydrogen) atoms. The van der Waals surface area contributed by atoms with Crippen LogP contribution in [0.5, 0.6) is 0 Å². The summed E-state index contributed by atoms with van der Waals surface area (Å²) in [6.45, 7) is 6.34. The van der Waals surface area contributed by atoms with Crippen molar-refractivity contribution in [1.29, 1.82) is 0 Å². The second-order valence-corrected chi connectivity index (χ2v) is 5.91. The minimum absolute atomic E-state index is 0.0221. The van der Waals surface area contributed by atoms with Crippen LogP contribution < -0.4 is 5.32 Å². The minimum Gasteiger partial charge on any atom is -0.384 e. The molecule has 3 nitrogen and oxygen atoms in total. The summed E-state index contributed by atoms with van der Waals surface area (Å²) in [5.41, 5.74) is 1.10. The van der Waals surface area contributed by atoms with Crippen LogP contribution in [-0.2, 0) is 4.74 Å². The van der Waals surface area contributed by atoms with Crippen molar-refractivity contribution < 1.29 is 4.74 Å². The highest BCUT2D eigenvalue weighted by molar-refractivity contribution is 6.30. The van der Waals surface area contributed by atoms with E-state index in [2.05, 4.69) is 17.1 Å². The Hall–Kier alpha value is -0.770. The molecule has 0 saturated carbocycles. The fraction of sp³-hybridized carbons (Fsp3) is 0.600. The average Bonchev–Trinajstić information content (AvgIpc) is 2.39. The number of likely N-dealkylation sites (tertiary alicyclic amines) is 1. The van der Waals surface area contributed by atoms with E-state index in [1.165, 1.54) is 6.42 Å². The Bertz CT molecular complexity index is 413. The summed E-state index contributed by atoms with van der Waals surface area (Å²) in [6.07, 6.45) is 2.36. The van der Waals surface area contributed by atoms with Crippen LogP contribution in [0.1, 0.15) is 19.8 Å². The summed E-state index contributed by atoms with van der Waals surface area (Å²) in [6, 6.07) is 7.85. The van der Waals surface area contributed by atoms with Crippen molar-refractivity contribution in [2.24, 2.45) is 0 Å². The van der Waals surface area contributed by atoms with Crippen LogP contribution in [0.4, 0.5) is 5.69 Å². The molecule has 0 aromatic heterocycles. The summed E-state index contributed by atoms with van der Waals surface area (Å²) in [7, 11) is 1.81. The van der Waals surface area contributed by atoms with Crippen molar-refractivity contribution in [1.82, 2.24) is 4.90 Å². The van der Waals surface area contributed by atoms with E-state index in [0.717, 1.165) is 43.3 Å². The molecular formula is C15H23ClN2O. The maximum absolute atomic E-state index is 5.96. The smallest absolute Gasteiger partial charge is 0.0777 e. The molecule has 1 aromatic rings. The van der Waals surface area contributed by atoms with Crippen molar-refractivity contribution in [3.63, 3.8) is 0 Å². The zero-order valence-electron chi connectivity index (χ0n) is 11.8. The van der Waals surface area contributed by atoms with Gasteiger partial charge in [0.15, 0.2) is 0 Å². The first-order valence-electron chi connectivity index (χ1n) is 6.88. The summed E-state index contributed by atoms with van der Waals surface area (Å²) in [5, 5.41) is 4.18. The molecule has 0 spiro atoms. The van der Waals surface area contributed by atoms with E-state index in [0.29, 0.717) is 0 Å². The molecule has 1 aliphatic rings. The SMILES string of the molecule is COC1(C)CCCN(CCNc2cccc(Cl)c2)C1. The van der Waals surface area contributed by atoms with Crippen LogP contribution in [-0.4, -0.2) is 43.8 Å². The van der Waals surface area contributed by atoms with E-state index in [1.54, 1.807) is 0 Å². The van der Waals surface area contributed by atoms with Gasteiger partial charge < -0.3 is 10.1 Å². The Morgan fingerprint density at radius 3 is 3.05 bits per heavy atom. The zero-order chi connectivity index (χ0) is 13.7. The number of ether oxygens (including phenoxy) is 1. The third kappa shape index (κ3) is 4.37. The number of halogens is 1. The van der Waals surface area contributed by atoms with Gasteiger partial charge in [0.05, 0.1) is 5.60 Å². The van der Waals surface area contributed by atoms with E-state index in [4.69, 9.17) is 16.3 Å². The predicted octanol–water partition coefficient (Wildman–Crippen LogP) is 3.25. The minimum atomic E-state index is 0.0221. The van der Waals surface area contributed by atoms with Crippen LogP contribution in [0.2, 0.25) is 5.02 Å². The fourth-order valence-corrected chi connectivity index (χ4v) is 2.81. The number of rotatable bonds is 5. The van der Waals surface area contributed by atoms with Gasteiger partial charge in [-0.25, -0.2) is 0 Å². The highest BCUT2D eigenvalue weighted by atomic mass is 35.5. The van der Waals surface area contributed by atoms with Crippen molar-refractivity contribution >= 4 is 17.3 Å². The van der Waals surface area contributed by atoms with E-state index in [9.17, 15) is 0 Å². The van der Waals surface area contributed by atoms with E-state index < -0.39 is 0 Å². The highest BCUT2D eigenvalue weighted by Gasteiger charge is 2.30. The zero-order valence-corrected chi connectivity index (χ0v) is 12.5. The van der Waals surface area contributed by atoms with Gasteiger partial charge in [-0.3, -0.25) is 4.90 Å². The molecule has 106 valence electrons. The normalized spacial score (nSPS) is 24.4. The van der Waals surface area contributed by atoms with Crippen LogP contribution in [0.3, 0.4) is 0 Å². The van der Waals surface area contributed by atoms with Gasteiger partial charge in [-0.1, -0.05) is 17.7 Å². The van der Waals surface area contributed by atoms with Crippen molar-refractivity contribution in [3.8, 4) is 0 Å². The average molecular weight is 283 g/mol. The number of hydrogen-bond acceptors (Lipinski definition) is 3. The van der Waals surface area contributed by atoms with Gasteiger partial charge in [-0.05, 0) is 44.5 Å². The number of anilines is 1. The third-order valence-corrected chi connectivity index (χ3v) is 4.05. The lowest BCUT2D eigenvalue weighted by molar-refractivity contribution is -0.0496. The Labute approximate surface area is 120 Å². The molecule has 1 fully saturated rings. The Morgan fingerprint density at radius 1 is 1.47 bits per heavy atom. The first-order valence-corrected chi connectivity index (χ1v) is 7.26. The van der Waals surface area contributed by atoms with Gasteiger partial charge in [0.2, 0.25) is 0 Å². The molecule has 0 amide bonds. The van der Waals surface area contributed by atoms with Crippen LogP contribution in [0.25, 0.3) is 0 Å². The van der Waals surface area contributed by atoms with Crippen LogP contribution in [0, 0.1) is 0 Å². The second kappa shape index (κ2) is 6.60. The topological polar surface area (TPSA) is 24.5 Å². The summed E-state index contributed by atoms with van der Waals surface area (Å²) >= 11 is 5.96. The molecule has 1 unspecified atom stereocenters. The molecule has 1 aromatic carbocycles. The highest BCUT2D eigenvalue weighted by Crippen LogP contribution is 2.23. The number of nitrogens with one attached hydrogen (secondary N) is 1. The molecular weight excluding hydrogens is 260 g/mol. The lowest BCUT2D eigenvalue weighted by atomic mass is 9.95. The molecule has 0 radical (unpaired) electrons. The van der Waals surface area contributed by atoms with Gasteiger partial charge in [0, 0.05) is 37.5 Å². The van der Waals surface area contributed by atoms with Gasteiger partial charge in [-0.15, -0.1) is 0 Å². The standard InChI is InChI=1S/C15H23ClN2O/c1-15(19-2)7-4-9-18(12-15)10-8-17-14-6-3-5-13(16)11-14/h3,5-6,11,17H,4,7-10,12H2,1-2H3. The van der Waals surface area contributed by atoms with Gasteiger partial charge in [0.1, 0.15) is 0 Å². The number of piperidine rings is 1. The van der Waals surface area contributed by atoms with Gasteiger partial charge in [0.25, 0.3) is 0 Å². The monoisotopic (exact) mass is 282 g/mol. The number of methoxy groups -OCH3 is 1. The van der Waals surface area contributed by atoms with Gasteiger partial charge >= 0.3 is 0 Å². The summed E-state index contributed by atoms with van der Waals surface area (Å²) in [4.78, 5) is 2.46. The molecule has 0 bridgehead atoms. The van der Waals surface area contributed by atoms with Crippen LogP contribution in [0.15, 0.2) is 24.3 Å². The fourth-order valence-electron chi connectivity index (χ4n) is 2.62. The van der Waals surface area contributed by atoms with Gasteiger partial charge in [-0.2, -0.15) is 0 Å². The Kier molecular flexibility index (Phi) is 5.08. The molecule has 1 aliphatic heterocycles. The molecule has 1 heterocycles. The third-order valence-electron chi connectivity index (χ3n) is 3.81. The van der Waals surface area contributed by atoms with Crippen LogP contribution >= 0.6 is 11.6 Å². The first kappa shape index (κ1) is 14.6. The van der Waals surface area contributed by atoms with E-state index in [-0.39, 0.29) is 5.60 Å². The molecule has 2 rings (SSSR count). The second-order valence-electron chi connectivity index (χ2n) is 5.47. The molecule has 1 atom stereocenters. The Morgan fingerprint density at radius 2 is 2.32 bits per heavy atom. The molecule has 0 aliphatic carbocycles. The lowest BCUT2D eigenvalue weighted by Crippen LogP contribution is -2.48. The lowest BCUT2D eigenvalue weighted by Gasteiger charge is -2.39. The maximum Gasteiger partial charge on any atom is 0.0777 e. The molecule has 1 N–H and O–H groups in total. The van der Waals surface area contributed by atoms with Crippen molar-refractivity contribution in [3.05, 3.63) is 29.3 Å². The molecule has 1 saturated heterocycles. The van der Waals surface area contributed by atoms with E-state index >= 15 is 0 Å². The van der Waals surface area contributed by atoms with E-state index in [1.807, 2.05) is 31.4 Å². The summed E-state index contributed by atoms with van der Waals surface area (Å²) < 4.78 is 5.61. The van der Waals surface area contributed by atoms with Crippen molar-refractivity contribution in [2.75, 3.05) is 38.6 Å². The van der Waals surface area contributed by atoms with Crippen molar-refractivity contribution in [2.45, 2.75) is 25.4 Å². The number of benzene rings is 1. The quantitative estimate of drug-likeness (QED) is 0.897. The Balaban J connectivity index is 1.76. The molecule has 4 heteroatoms. The first-order chi connectivity index (χ1) is 9.11.